The summed E-state index contributed by atoms with van der Waals surface area (Å²) in [7, 11) is 0. The first-order valence-electron chi connectivity index (χ1n) is 12.3. The number of carbonyl (C=O) groups excluding carboxylic acids is 1. The van der Waals surface area contributed by atoms with Crippen molar-refractivity contribution in [3.05, 3.63) is 107 Å². The minimum Gasteiger partial charge on any atom is -0.493 e. The van der Waals surface area contributed by atoms with Gasteiger partial charge in [0.25, 0.3) is 5.91 Å². The van der Waals surface area contributed by atoms with E-state index in [2.05, 4.69) is 17.5 Å². The molecule has 2 N–H and O–H groups in total. The van der Waals surface area contributed by atoms with E-state index in [-0.39, 0.29) is 23.8 Å². The lowest BCUT2D eigenvalue weighted by molar-refractivity contribution is 0.0326. The van der Waals surface area contributed by atoms with E-state index in [4.69, 9.17) is 19.3 Å². The Kier molecular flexibility index (Phi) is 7.15. The van der Waals surface area contributed by atoms with Gasteiger partial charge in [0.2, 0.25) is 0 Å². The Hall–Kier alpha value is -5.29. The molecule has 194 valence electrons. The summed E-state index contributed by atoms with van der Waals surface area (Å²) in [5.74, 6) is 0.786. The van der Waals surface area contributed by atoms with Crippen molar-refractivity contribution in [2.75, 3.05) is 11.9 Å². The van der Waals surface area contributed by atoms with Crippen LogP contribution in [0.4, 0.5) is 10.5 Å². The first kappa shape index (κ1) is 25.4. The molecule has 8 heteroatoms. The lowest BCUT2D eigenvalue weighted by atomic mass is 10.00. The molecule has 1 atom stereocenters. The van der Waals surface area contributed by atoms with Crippen LogP contribution in [0.15, 0.2) is 84.9 Å². The lowest BCUT2D eigenvalue weighted by Gasteiger charge is -2.25. The average Bonchev–Trinajstić information content (AvgIpc) is 2.93. The van der Waals surface area contributed by atoms with Crippen LogP contribution in [0.25, 0.3) is 11.1 Å². The van der Waals surface area contributed by atoms with E-state index in [0.717, 1.165) is 16.7 Å². The monoisotopic (exact) mass is 520 g/mol. The summed E-state index contributed by atoms with van der Waals surface area (Å²) in [6, 6.07) is 27.5. The van der Waals surface area contributed by atoms with Crippen LogP contribution in [-0.2, 0) is 4.74 Å². The average molecular weight is 521 g/mol. The Morgan fingerprint density at radius 3 is 2.46 bits per heavy atom. The number of amides is 1. The standard InChI is InChI=1S/C31H24N2O6/c1-19-4-2-5-21(14-19)22-6-3-7-24(15-22)33-30(34)20-8-10-25(11-9-20)38-28-17-29-26(16-23(28)18-32)27(12-13-37-29)39-31(35)36/h2-11,14-17,27H,12-13H2,1H3,(H,33,34)(H,35,36). The van der Waals surface area contributed by atoms with Crippen molar-refractivity contribution in [1.82, 2.24) is 0 Å². The highest BCUT2D eigenvalue weighted by Crippen LogP contribution is 2.40. The number of carbonyl (C=O) groups is 2. The van der Waals surface area contributed by atoms with Crippen LogP contribution in [-0.4, -0.2) is 23.8 Å². The molecule has 4 aromatic carbocycles. The van der Waals surface area contributed by atoms with Crippen LogP contribution in [0.3, 0.4) is 0 Å². The molecule has 0 saturated carbocycles. The summed E-state index contributed by atoms with van der Waals surface area (Å²) in [4.78, 5) is 23.9. The molecule has 1 aliphatic heterocycles. The fourth-order valence-electron chi connectivity index (χ4n) is 4.41. The quantitative estimate of drug-likeness (QED) is 0.260. The third-order valence-corrected chi connectivity index (χ3v) is 6.28. The SMILES string of the molecule is Cc1cccc(-c2cccc(NC(=O)c3ccc(Oc4cc5c(cc4C#N)C(OC(=O)O)CCO5)cc3)c2)c1. The normalized spacial score (nSPS) is 13.8. The van der Waals surface area contributed by atoms with Gasteiger partial charge in [0.15, 0.2) is 0 Å². The van der Waals surface area contributed by atoms with Crippen LogP contribution in [0.1, 0.15) is 39.6 Å². The van der Waals surface area contributed by atoms with Gasteiger partial charge in [-0.25, -0.2) is 4.79 Å². The van der Waals surface area contributed by atoms with Crippen LogP contribution in [0.2, 0.25) is 0 Å². The van der Waals surface area contributed by atoms with Gasteiger partial charge in [-0.15, -0.1) is 0 Å². The number of hydrogen-bond donors (Lipinski definition) is 2. The molecule has 0 aliphatic carbocycles. The highest BCUT2D eigenvalue weighted by Gasteiger charge is 2.27. The van der Waals surface area contributed by atoms with E-state index in [1.807, 2.05) is 49.4 Å². The van der Waals surface area contributed by atoms with Gasteiger partial charge in [-0.1, -0.05) is 42.0 Å². The zero-order valence-electron chi connectivity index (χ0n) is 21.0. The largest absolute Gasteiger partial charge is 0.506 e. The van der Waals surface area contributed by atoms with Crippen LogP contribution < -0.4 is 14.8 Å². The Bertz CT molecular complexity index is 1590. The minimum absolute atomic E-state index is 0.202. The third kappa shape index (κ3) is 5.84. The maximum atomic E-state index is 12.9. The van der Waals surface area contributed by atoms with Crippen molar-refractivity contribution < 1.29 is 28.9 Å². The Balaban J connectivity index is 1.30. The highest BCUT2D eigenvalue weighted by molar-refractivity contribution is 6.04. The first-order chi connectivity index (χ1) is 18.9. The summed E-state index contributed by atoms with van der Waals surface area (Å²) in [5.41, 5.74) is 5.03. The number of nitrogens with one attached hydrogen (secondary N) is 1. The zero-order valence-corrected chi connectivity index (χ0v) is 21.0. The van der Waals surface area contributed by atoms with Crippen LogP contribution in [0.5, 0.6) is 17.2 Å². The minimum atomic E-state index is -1.39. The maximum absolute atomic E-state index is 12.9. The summed E-state index contributed by atoms with van der Waals surface area (Å²) >= 11 is 0. The molecule has 4 aromatic rings. The fourth-order valence-corrected chi connectivity index (χ4v) is 4.41. The number of nitrogens with zero attached hydrogens (tertiary/aromatic N) is 1. The topological polar surface area (TPSA) is 118 Å². The number of anilines is 1. The molecule has 0 fully saturated rings. The summed E-state index contributed by atoms with van der Waals surface area (Å²) in [5, 5.41) is 21.6. The summed E-state index contributed by atoms with van der Waals surface area (Å²) in [6.07, 6.45) is -1.76. The maximum Gasteiger partial charge on any atom is 0.506 e. The molecular formula is C31H24N2O6. The molecular weight excluding hydrogens is 496 g/mol. The van der Waals surface area contributed by atoms with Crippen molar-refractivity contribution in [3.63, 3.8) is 0 Å². The van der Waals surface area contributed by atoms with E-state index < -0.39 is 12.3 Å². The second-order valence-electron chi connectivity index (χ2n) is 9.04. The molecule has 0 spiro atoms. The van der Waals surface area contributed by atoms with E-state index in [9.17, 15) is 14.9 Å². The van der Waals surface area contributed by atoms with Gasteiger partial charge >= 0.3 is 6.16 Å². The molecule has 1 aliphatic rings. The number of carboxylic acid groups (broad SMARTS) is 1. The number of rotatable bonds is 6. The van der Waals surface area contributed by atoms with Crippen molar-refractivity contribution in [2.45, 2.75) is 19.4 Å². The van der Waals surface area contributed by atoms with Crippen molar-refractivity contribution >= 4 is 17.7 Å². The number of aryl methyl sites for hydroxylation is 1. The molecule has 1 amide bonds. The molecule has 0 saturated heterocycles. The third-order valence-electron chi connectivity index (χ3n) is 6.28. The van der Waals surface area contributed by atoms with Gasteiger partial charge < -0.3 is 24.6 Å². The van der Waals surface area contributed by atoms with Crippen molar-refractivity contribution in [3.8, 4) is 34.4 Å². The highest BCUT2D eigenvalue weighted by atomic mass is 16.7. The Labute approximate surface area is 225 Å². The number of nitriles is 1. The van der Waals surface area contributed by atoms with Gasteiger partial charge in [-0.3, -0.25) is 4.79 Å². The van der Waals surface area contributed by atoms with Gasteiger partial charge in [0.05, 0.1) is 12.2 Å². The van der Waals surface area contributed by atoms with E-state index in [1.54, 1.807) is 30.3 Å². The van der Waals surface area contributed by atoms with Crippen LogP contribution >= 0.6 is 0 Å². The number of ether oxygens (including phenoxy) is 3. The summed E-state index contributed by atoms with van der Waals surface area (Å²) in [6.45, 7) is 2.31. The molecule has 1 unspecified atom stereocenters. The predicted molar refractivity (Wildman–Crippen MR) is 144 cm³/mol. The second-order valence-corrected chi connectivity index (χ2v) is 9.04. The molecule has 0 bridgehead atoms. The van der Waals surface area contributed by atoms with Crippen molar-refractivity contribution in [1.29, 1.82) is 5.26 Å². The molecule has 8 nitrogen and oxygen atoms in total. The number of fused-ring (bicyclic) bond motifs is 1. The number of hydrogen-bond acceptors (Lipinski definition) is 6. The molecule has 39 heavy (non-hydrogen) atoms. The smallest absolute Gasteiger partial charge is 0.493 e. The number of benzene rings is 4. The molecule has 0 aromatic heterocycles. The van der Waals surface area contributed by atoms with Crippen LogP contribution in [0, 0.1) is 18.3 Å². The van der Waals surface area contributed by atoms with Gasteiger partial charge in [0, 0.05) is 29.3 Å². The first-order valence-corrected chi connectivity index (χ1v) is 12.3. The molecule has 0 radical (unpaired) electrons. The van der Waals surface area contributed by atoms with Crippen molar-refractivity contribution in [2.24, 2.45) is 0 Å². The summed E-state index contributed by atoms with van der Waals surface area (Å²) < 4.78 is 16.5. The predicted octanol–water partition coefficient (Wildman–Crippen LogP) is 7.10. The lowest BCUT2D eigenvalue weighted by Crippen LogP contribution is -2.19. The van der Waals surface area contributed by atoms with E-state index >= 15 is 0 Å². The Morgan fingerprint density at radius 1 is 1.00 bits per heavy atom. The zero-order chi connectivity index (χ0) is 27.4. The van der Waals surface area contributed by atoms with Gasteiger partial charge in [-0.05, 0) is 60.5 Å². The van der Waals surface area contributed by atoms with Gasteiger partial charge in [0.1, 0.15) is 29.4 Å². The molecule has 5 rings (SSSR count). The van der Waals surface area contributed by atoms with Gasteiger partial charge in [-0.2, -0.15) is 5.26 Å². The van der Waals surface area contributed by atoms with E-state index in [1.165, 1.54) is 6.07 Å². The molecule has 1 heterocycles. The fraction of sp³-hybridized carbons (Fsp3) is 0.129. The second kappa shape index (κ2) is 11.0. The Morgan fingerprint density at radius 2 is 1.74 bits per heavy atom. The van der Waals surface area contributed by atoms with E-state index in [0.29, 0.717) is 34.7 Å².